The Morgan fingerprint density at radius 1 is 0.973 bits per heavy atom. The quantitative estimate of drug-likeness (QED) is 0.295. The minimum absolute atomic E-state index is 0.0139. The van der Waals surface area contributed by atoms with E-state index in [4.69, 9.17) is 22.2 Å². The van der Waals surface area contributed by atoms with Crippen LogP contribution in [0.4, 0.5) is 17.1 Å². The minimum Gasteiger partial charge on any atom is -0.487 e. The van der Waals surface area contributed by atoms with Gasteiger partial charge >= 0.3 is 5.97 Å². The maximum Gasteiger partial charge on any atom is 0.337 e. The summed E-state index contributed by atoms with van der Waals surface area (Å²) in [4.78, 5) is 13.9. The summed E-state index contributed by atoms with van der Waals surface area (Å²) >= 11 is 5.37. The SMILES string of the molecule is N#Cc1cccc(NC(=S)Nc2ccc(OC3CN(c4cccc(C(=O)O)c4-n4cccc4)C3)cc2)c1. The van der Waals surface area contributed by atoms with E-state index in [1.807, 2.05) is 65.5 Å². The number of hydrogen-bond donors (Lipinski definition) is 3. The Hall–Kier alpha value is -4.81. The summed E-state index contributed by atoms with van der Waals surface area (Å²) in [5.41, 5.74) is 3.86. The molecule has 0 unspecified atom stereocenters. The van der Waals surface area contributed by atoms with Gasteiger partial charge in [-0.05, 0) is 78.9 Å². The van der Waals surface area contributed by atoms with Crippen molar-refractivity contribution in [2.45, 2.75) is 6.10 Å². The van der Waals surface area contributed by atoms with Crippen LogP contribution in [0.3, 0.4) is 0 Å². The smallest absolute Gasteiger partial charge is 0.337 e. The molecule has 0 aliphatic carbocycles. The van der Waals surface area contributed by atoms with Crippen molar-refractivity contribution in [2.24, 2.45) is 0 Å². The van der Waals surface area contributed by atoms with Crippen LogP contribution in [0, 0.1) is 11.3 Å². The number of aromatic nitrogens is 1. The zero-order valence-electron chi connectivity index (χ0n) is 19.7. The molecule has 0 saturated carbocycles. The van der Waals surface area contributed by atoms with Crippen LogP contribution < -0.4 is 20.3 Å². The van der Waals surface area contributed by atoms with Crippen LogP contribution in [0.5, 0.6) is 5.75 Å². The van der Waals surface area contributed by atoms with Gasteiger partial charge in [-0.3, -0.25) is 0 Å². The number of anilines is 3. The lowest BCUT2D eigenvalue weighted by Crippen LogP contribution is -2.54. The van der Waals surface area contributed by atoms with Crippen molar-refractivity contribution in [3.8, 4) is 17.5 Å². The zero-order chi connectivity index (χ0) is 25.8. The number of aromatic carboxylic acids is 1. The number of nitrogens with one attached hydrogen (secondary N) is 2. The highest BCUT2D eigenvalue weighted by atomic mass is 32.1. The molecule has 184 valence electrons. The fourth-order valence-corrected chi connectivity index (χ4v) is 4.43. The first-order valence-corrected chi connectivity index (χ1v) is 12.0. The Morgan fingerprint density at radius 2 is 1.68 bits per heavy atom. The largest absolute Gasteiger partial charge is 0.487 e. The predicted molar refractivity (Wildman–Crippen MR) is 147 cm³/mol. The molecule has 1 fully saturated rings. The van der Waals surface area contributed by atoms with Gasteiger partial charge < -0.3 is 29.9 Å². The molecule has 0 amide bonds. The van der Waals surface area contributed by atoms with Crippen LogP contribution in [0.15, 0.2) is 91.3 Å². The third-order valence-electron chi connectivity index (χ3n) is 5.96. The molecule has 1 saturated heterocycles. The number of carbonyl (C=O) groups is 1. The third-order valence-corrected chi connectivity index (χ3v) is 6.17. The van der Waals surface area contributed by atoms with E-state index in [2.05, 4.69) is 21.6 Å². The number of benzene rings is 3. The van der Waals surface area contributed by atoms with Gasteiger partial charge in [0.15, 0.2) is 5.11 Å². The first-order chi connectivity index (χ1) is 18.0. The molecule has 1 aromatic heterocycles. The Balaban J connectivity index is 1.18. The normalized spacial score (nSPS) is 12.8. The predicted octanol–water partition coefficient (Wildman–Crippen LogP) is 5.12. The first-order valence-electron chi connectivity index (χ1n) is 11.6. The van der Waals surface area contributed by atoms with Gasteiger partial charge in [-0.15, -0.1) is 0 Å². The molecule has 37 heavy (non-hydrogen) atoms. The number of para-hydroxylation sites is 1. The highest BCUT2D eigenvalue weighted by molar-refractivity contribution is 7.80. The molecule has 9 heteroatoms. The zero-order valence-corrected chi connectivity index (χ0v) is 20.5. The van der Waals surface area contributed by atoms with Crippen molar-refractivity contribution in [1.29, 1.82) is 5.26 Å². The van der Waals surface area contributed by atoms with Crippen molar-refractivity contribution < 1.29 is 14.6 Å². The van der Waals surface area contributed by atoms with E-state index >= 15 is 0 Å². The molecule has 1 aliphatic heterocycles. The Bertz CT molecular complexity index is 1470. The second-order valence-corrected chi connectivity index (χ2v) is 8.92. The number of carboxylic acids is 1. The molecule has 0 atom stereocenters. The Morgan fingerprint density at radius 3 is 2.38 bits per heavy atom. The average molecular weight is 510 g/mol. The summed E-state index contributed by atoms with van der Waals surface area (Å²) in [6, 6.07) is 25.8. The van der Waals surface area contributed by atoms with Gasteiger partial charge in [0.1, 0.15) is 11.9 Å². The summed E-state index contributed by atoms with van der Waals surface area (Å²) in [6.45, 7) is 1.29. The highest BCUT2D eigenvalue weighted by Crippen LogP contribution is 2.32. The second-order valence-electron chi connectivity index (χ2n) is 8.51. The van der Waals surface area contributed by atoms with Gasteiger partial charge in [0.2, 0.25) is 0 Å². The van der Waals surface area contributed by atoms with Crippen LogP contribution in [-0.4, -0.2) is 39.9 Å². The van der Waals surface area contributed by atoms with E-state index in [-0.39, 0.29) is 11.7 Å². The topological polar surface area (TPSA) is 103 Å². The van der Waals surface area contributed by atoms with Gasteiger partial charge in [-0.1, -0.05) is 12.1 Å². The molecule has 0 radical (unpaired) electrons. The van der Waals surface area contributed by atoms with Crippen molar-refractivity contribution in [3.63, 3.8) is 0 Å². The maximum absolute atomic E-state index is 11.8. The summed E-state index contributed by atoms with van der Waals surface area (Å²) in [6.07, 6.45) is 3.68. The number of ether oxygens (including phenoxy) is 1. The molecular formula is C28H23N5O3S. The Kier molecular flexibility index (Phi) is 6.74. The second kappa shape index (κ2) is 10.4. The van der Waals surface area contributed by atoms with Crippen LogP contribution >= 0.6 is 12.2 Å². The molecule has 0 spiro atoms. The van der Waals surface area contributed by atoms with E-state index < -0.39 is 5.97 Å². The molecule has 3 aromatic carbocycles. The molecular weight excluding hydrogens is 486 g/mol. The molecule has 1 aliphatic rings. The van der Waals surface area contributed by atoms with E-state index in [9.17, 15) is 9.90 Å². The lowest BCUT2D eigenvalue weighted by Gasteiger charge is -2.41. The standard InChI is InChI=1S/C28H23N5O3S/c29-16-19-5-3-6-21(15-19)31-28(37)30-20-9-11-22(12-10-20)36-23-17-33(18-23)25-8-4-7-24(27(34)35)26(25)32-13-1-2-14-32/h1-15,23H,17-18H2,(H,34,35)(H2,30,31,37). The summed E-state index contributed by atoms with van der Waals surface area (Å²) < 4.78 is 7.95. The first kappa shape index (κ1) is 23.9. The van der Waals surface area contributed by atoms with E-state index in [0.29, 0.717) is 29.5 Å². The lowest BCUT2D eigenvalue weighted by atomic mass is 10.1. The number of hydrogen-bond acceptors (Lipinski definition) is 5. The lowest BCUT2D eigenvalue weighted by molar-refractivity contribution is 0.0697. The van der Waals surface area contributed by atoms with E-state index in [1.165, 1.54) is 0 Å². The van der Waals surface area contributed by atoms with E-state index in [0.717, 1.165) is 22.8 Å². The van der Waals surface area contributed by atoms with Crippen LogP contribution in [0.2, 0.25) is 0 Å². The summed E-state index contributed by atoms with van der Waals surface area (Å²) in [7, 11) is 0. The van der Waals surface area contributed by atoms with Crippen LogP contribution in [0.25, 0.3) is 5.69 Å². The Labute approximate surface area is 219 Å². The van der Waals surface area contributed by atoms with E-state index in [1.54, 1.807) is 30.3 Å². The van der Waals surface area contributed by atoms with Crippen LogP contribution in [-0.2, 0) is 0 Å². The number of nitrogens with zero attached hydrogens (tertiary/aromatic N) is 3. The third kappa shape index (κ3) is 5.39. The number of rotatable bonds is 7. The minimum atomic E-state index is -0.960. The monoisotopic (exact) mass is 509 g/mol. The van der Waals surface area contributed by atoms with Gasteiger partial charge in [0.05, 0.1) is 41.7 Å². The van der Waals surface area contributed by atoms with Gasteiger partial charge in [-0.25, -0.2) is 4.79 Å². The molecule has 8 nitrogen and oxygen atoms in total. The van der Waals surface area contributed by atoms with Crippen molar-refractivity contribution in [1.82, 2.24) is 4.57 Å². The van der Waals surface area contributed by atoms with Crippen LogP contribution in [0.1, 0.15) is 15.9 Å². The van der Waals surface area contributed by atoms with Crippen molar-refractivity contribution in [3.05, 3.63) is 102 Å². The number of thiocarbonyl (C=S) groups is 1. The number of nitriles is 1. The summed E-state index contributed by atoms with van der Waals surface area (Å²) in [5, 5.41) is 25.3. The molecule has 5 rings (SSSR count). The maximum atomic E-state index is 11.8. The average Bonchev–Trinajstić information content (AvgIpc) is 3.41. The summed E-state index contributed by atoms with van der Waals surface area (Å²) in [5.74, 6) is -0.223. The fraction of sp³-hybridized carbons (Fsp3) is 0.107. The molecule has 0 bridgehead atoms. The van der Waals surface area contributed by atoms with Gasteiger partial charge in [0, 0.05) is 23.8 Å². The highest BCUT2D eigenvalue weighted by Gasteiger charge is 2.31. The number of carboxylic acid groups (broad SMARTS) is 1. The van der Waals surface area contributed by atoms with Crippen molar-refractivity contribution in [2.75, 3.05) is 28.6 Å². The molecule has 3 N–H and O–H groups in total. The van der Waals surface area contributed by atoms with Crippen molar-refractivity contribution >= 4 is 40.4 Å². The fourth-order valence-electron chi connectivity index (χ4n) is 4.19. The molecule has 2 heterocycles. The van der Waals surface area contributed by atoms with Gasteiger partial charge in [-0.2, -0.15) is 5.26 Å². The van der Waals surface area contributed by atoms with Gasteiger partial charge in [0.25, 0.3) is 0 Å². The molecule has 4 aromatic rings.